The molecule has 1 aromatic carbocycles. The van der Waals surface area contributed by atoms with E-state index in [0.717, 1.165) is 14.2 Å². The fraction of sp³-hybridized carbons (Fsp3) is 0.0769. The number of nitrogens with zero attached hydrogens (tertiary/aromatic N) is 2. The van der Waals surface area contributed by atoms with Gasteiger partial charge in [0.05, 0.1) is 21.6 Å². The number of hydrogen-bond acceptors (Lipinski definition) is 4. The average Bonchev–Trinajstić information content (AvgIpc) is 2.81. The van der Waals surface area contributed by atoms with Crippen molar-refractivity contribution in [2.24, 2.45) is 5.16 Å². The molecule has 18 heavy (non-hydrogen) atoms. The van der Waals surface area contributed by atoms with E-state index in [2.05, 4.69) is 27.2 Å². The van der Waals surface area contributed by atoms with Crippen LogP contribution < -0.4 is 0 Å². The molecule has 2 aromatic rings. The molecule has 0 fully saturated rings. The third-order valence-electron chi connectivity index (χ3n) is 2.21. The Kier molecular flexibility index (Phi) is 4.51. The summed E-state index contributed by atoms with van der Waals surface area (Å²) in [5.74, 6) is 0. The molecule has 2 rings (SSSR count). The van der Waals surface area contributed by atoms with Crippen molar-refractivity contribution in [1.29, 1.82) is 5.26 Å². The molecule has 0 unspecified atom stereocenters. The molecule has 0 atom stereocenters. The number of benzene rings is 1. The predicted octanol–water partition coefficient (Wildman–Crippen LogP) is 3.93. The third kappa shape index (κ3) is 3.42. The predicted molar refractivity (Wildman–Crippen MR) is 75.6 cm³/mol. The summed E-state index contributed by atoms with van der Waals surface area (Å²) in [5, 5.41) is 12.8. The Morgan fingerprint density at radius 1 is 1.33 bits per heavy atom. The molecular formula is C13H9BrN2OS. The monoisotopic (exact) mass is 320 g/mol. The second-order valence-electron chi connectivity index (χ2n) is 3.42. The van der Waals surface area contributed by atoms with Gasteiger partial charge < -0.3 is 4.84 Å². The lowest BCUT2D eigenvalue weighted by Crippen LogP contribution is -1.91. The molecule has 3 nitrogen and oxygen atoms in total. The zero-order chi connectivity index (χ0) is 12.8. The lowest BCUT2D eigenvalue weighted by atomic mass is 10.1. The lowest BCUT2D eigenvalue weighted by molar-refractivity contribution is 0.132. The molecule has 0 bridgehead atoms. The summed E-state index contributed by atoms with van der Waals surface area (Å²) >= 11 is 4.95. The average molecular weight is 321 g/mol. The zero-order valence-corrected chi connectivity index (χ0v) is 11.7. The van der Waals surface area contributed by atoms with Gasteiger partial charge in [0.15, 0.2) is 0 Å². The number of rotatable bonds is 4. The third-order valence-corrected chi connectivity index (χ3v) is 3.76. The van der Waals surface area contributed by atoms with Crippen molar-refractivity contribution in [1.82, 2.24) is 0 Å². The Labute approximate surface area is 117 Å². The molecule has 0 aliphatic heterocycles. The standard InChI is InChI=1S/C13H9BrN2OS/c14-13-6-5-12(18-13)8-16-17-9-11-4-2-1-3-10(11)7-15/h1-6,8H,9H2/b16-8-. The van der Waals surface area contributed by atoms with Crippen LogP contribution in [0, 0.1) is 11.3 Å². The Morgan fingerprint density at radius 3 is 2.89 bits per heavy atom. The molecule has 0 aliphatic carbocycles. The highest BCUT2D eigenvalue weighted by Crippen LogP contribution is 2.20. The summed E-state index contributed by atoms with van der Waals surface area (Å²) in [7, 11) is 0. The fourth-order valence-corrected chi connectivity index (χ4v) is 2.63. The van der Waals surface area contributed by atoms with E-state index in [9.17, 15) is 0 Å². The van der Waals surface area contributed by atoms with Gasteiger partial charge in [-0.2, -0.15) is 5.26 Å². The van der Waals surface area contributed by atoms with E-state index in [4.69, 9.17) is 10.1 Å². The summed E-state index contributed by atoms with van der Waals surface area (Å²) in [6.07, 6.45) is 1.66. The molecule has 0 saturated carbocycles. The molecule has 0 radical (unpaired) electrons. The van der Waals surface area contributed by atoms with Gasteiger partial charge in [-0.25, -0.2) is 0 Å². The maximum atomic E-state index is 8.91. The lowest BCUT2D eigenvalue weighted by Gasteiger charge is -2.01. The van der Waals surface area contributed by atoms with Crippen molar-refractivity contribution in [3.05, 3.63) is 56.2 Å². The van der Waals surface area contributed by atoms with E-state index in [1.807, 2.05) is 30.3 Å². The van der Waals surface area contributed by atoms with E-state index in [1.54, 1.807) is 23.6 Å². The van der Waals surface area contributed by atoms with Crippen molar-refractivity contribution >= 4 is 33.5 Å². The minimum absolute atomic E-state index is 0.298. The Hall–Kier alpha value is -1.64. The summed E-state index contributed by atoms with van der Waals surface area (Å²) in [4.78, 5) is 6.19. The van der Waals surface area contributed by atoms with Crippen LogP contribution in [0.5, 0.6) is 0 Å². The first-order valence-electron chi connectivity index (χ1n) is 5.18. The van der Waals surface area contributed by atoms with Gasteiger partial charge in [0.1, 0.15) is 6.61 Å². The zero-order valence-electron chi connectivity index (χ0n) is 9.34. The maximum Gasteiger partial charge on any atom is 0.143 e. The fourth-order valence-electron chi connectivity index (χ4n) is 1.35. The normalized spacial score (nSPS) is 10.4. The van der Waals surface area contributed by atoms with Crippen LogP contribution in [0.1, 0.15) is 16.0 Å². The first-order chi connectivity index (χ1) is 8.79. The van der Waals surface area contributed by atoms with Crippen molar-refractivity contribution < 1.29 is 4.84 Å². The van der Waals surface area contributed by atoms with Gasteiger partial charge in [-0.05, 0) is 34.1 Å². The highest BCUT2D eigenvalue weighted by atomic mass is 79.9. The molecule has 0 saturated heterocycles. The summed E-state index contributed by atoms with van der Waals surface area (Å²) in [6.45, 7) is 0.298. The Balaban J connectivity index is 1.93. The minimum atomic E-state index is 0.298. The molecule has 0 spiro atoms. The Bertz CT molecular complexity index is 601. The summed E-state index contributed by atoms with van der Waals surface area (Å²) in [6, 6.07) is 13.3. The number of hydrogen-bond donors (Lipinski definition) is 0. The van der Waals surface area contributed by atoms with Gasteiger partial charge in [-0.1, -0.05) is 23.4 Å². The number of nitriles is 1. The van der Waals surface area contributed by atoms with Gasteiger partial charge >= 0.3 is 0 Å². The van der Waals surface area contributed by atoms with Crippen molar-refractivity contribution in [2.45, 2.75) is 6.61 Å². The quantitative estimate of drug-likeness (QED) is 0.632. The molecule has 90 valence electrons. The van der Waals surface area contributed by atoms with Gasteiger partial charge in [0.25, 0.3) is 0 Å². The number of oxime groups is 1. The molecule has 1 heterocycles. The van der Waals surface area contributed by atoms with Gasteiger partial charge in [-0.15, -0.1) is 11.3 Å². The first-order valence-corrected chi connectivity index (χ1v) is 6.79. The minimum Gasteiger partial charge on any atom is -0.391 e. The number of halogens is 1. The summed E-state index contributed by atoms with van der Waals surface area (Å²) in [5.41, 5.74) is 1.45. The van der Waals surface area contributed by atoms with Crippen LogP contribution >= 0.6 is 27.3 Å². The largest absolute Gasteiger partial charge is 0.391 e. The van der Waals surface area contributed by atoms with E-state index in [-0.39, 0.29) is 0 Å². The molecule has 1 aromatic heterocycles. The molecule has 0 aliphatic rings. The van der Waals surface area contributed by atoms with E-state index >= 15 is 0 Å². The molecule has 0 amide bonds. The number of thiophene rings is 1. The van der Waals surface area contributed by atoms with Crippen LogP contribution in [-0.4, -0.2) is 6.21 Å². The highest BCUT2D eigenvalue weighted by molar-refractivity contribution is 9.11. The van der Waals surface area contributed by atoms with Gasteiger partial charge in [0.2, 0.25) is 0 Å². The van der Waals surface area contributed by atoms with Crippen LogP contribution in [0.2, 0.25) is 0 Å². The van der Waals surface area contributed by atoms with Crippen LogP contribution in [0.4, 0.5) is 0 Å². The first kappa shape index (κ1) is 12.8. The van der Waals surface area contributed by atoms with Crippen molar-refractivity contribution in [3.63, 3.8) is 0 Å². The molecule has 5 heteroatoms. The van der Waals surface area contributed by atoms with Crippen molar-refractivity contribution in [3.8, 4) is 6.07 Å². The van der Waals surface area contributed by atoms with E-state index in [0.29, 0.717) is 12.2 Å². The van der Waals surface area contributed by atoms with E-state index in [1.165, 1.54) is 0 Å². The smallest absolute Gasteiger partial charge is 0.143 e. The van der Waals surface area contributed by atoms with Crippen LogP contribution in [0.25, 0.3) is 0 Å². The summed E-state index contributed by atoms with van der Waals surface area (Å²) < 4.78 is 1.05. The highest BCUT2D eigenvalue weighted by Gasteiger charge is 2.00. The van der Waals surface area contributed by atoms with Crippen LogP contribution in [-0.2, 0) is 11.4 Å². The maximum absolute atomic E-state index is 8.91. The topological polar surface area (TPSA) is 45.4 Å². The molecular weight excluding hydrogens is 312 g/mol. The Morgan fingerprint density at radius 2 is 2.17 bits per heavy atom. The molecule has 0 N–H and O–H groups in total. The SMILES string of the molecule is N#Cc1ccccc1CO/N=C\c1ccc(Br)s1. The van der Waals surface area contributed by atoms with Crippen LogP contribution in [0.3, 0.4) is 0 Å². The van der Waals surface area contributed by atoms with E-state index < -0.39 is 0 Å². The van der Waals surface area contributed by atoms with Crippen LogP contribution in [0.15, 0.2) is 45.3 Å². The second-order valence-corrected chi connectivity index (χ2v) is 5.91. The van der Waals surface area contributed by atoms with Gasteiger partial charge in [0, 0.05) is 10.4 Å². The second kappa shape index (κ2) is 6.34. The van der Waals surface area contributed by atoms with Crippen molar-refractivity contribution in [2.75, 3.05) is 0 Å². The van der Waals surface area contributed by atoms with Gasteiger partial charge in [-0.3, -0.25) is 0 Å².